The maximum atomic E-state index is 14.0. The van der Waals surface area contributed by atoms with Gasteiger partial charge in [0.25, 0.3) is 12.3 Å². The van der Waals surface area contributed by atoms with Crippen molar-refractivity contribution >= 4 is 40.6 Å². The summed E-state index contributed by atoms with van der Waals surface area (Å²) in [6.07, 6.45) is 9.08. The summed E-state index contributed by atoms with van der Waals surface area (Å²) in [4.78, 5) is 53.8. The first-order valence-corrected chi connectivity index (χ1v) is 22.9. The van der Waals surface area contributed by atoms with Crippen LogP contribution in [-0.4, -0.2) is 114 Å². The topological polar surface area (TPSA) is 102 Å². The van der Waals surface area contributed by atoms with Crippen LogP contribution in [0.4, 0.5) is 25.8 Å². The van der Waals surface area contributed by atoms with Crippen molar-refractivity contribution in [2.45, 2.75) is 103 Å². The predicted octanol–water partition coefficient (Wildman–Crippen LogP) is 7.74. The fraction of sp³-hybridized carbons (Fsp3) is 0.520. The molecular formula is C50H61F2N7O4. The summed E-state index contributed by atoms with van der Waals surface area (Å²) >= 11 is 0. The number of hydrogen-bond donors (Lipinski definition) is 1. The van der Waals surface area contributed by atoms with Crippen LogP contribution in [-0.2, 0) is 22.6 Å². The third-order valence-electron chi connectivity index (χ3n) is 15.0. The summed E-state index contributed by atoms with van der Waals surface area (Å²) in [5.41, 5.74) is 8.66. The van der Waals surface area contributed by atoms with Crippen LogP contribution in [0.15, 0.2) is 62.0 Å². The largest absolute Gasteiger partial charge is 0.489 e. The summed E-state index contributed by atoms with van der Waals surface area (Å²) in [7, 11) is 0. The van der Waals surface area contributed by atoms with Crippen LogP contribution in [0.25, 0.3) is 6.08 Å². The van der Waals surface area contributed by atoms with Gasteiger partial charge in [0.05, 0.1) is 54.5 Å². The van der Waals surface area contributed by atoms with Crippen LogP contribution >= 0.6 is 0 Å². The van der Waals surface area contributed by atoms with Gasteiger partial charge in [0.15, 0.2) is 5.78 Å². The van der Waals surface area contributed by atoms with Crippen LogP contribution in [0, 0.1) is 11.3 Å². The molecule has 1 aromatic heterocycles. The lowest BCUT2D eigenvalue weighted by atomic mass is 9.65. The number of fused-ring (bicyclic) bond motifs is 6. The highest BCUT2D eigenvalue weighted by atomic mass is 19.3. The van der Waals surface area contributed by atoms with Crippen molar-refractivity contribution in [3.05, 3.63) is 95.5 Å². The molecule has 11 nitrogen and oxygen atoms in total. The van der Waals surface area contributed by atoms with Gasteiger partial charge in [-0.15, -0.1) is 0 Å². The van der Waals surface area contributed by atoms with Gasteiger partial charge < -0.3 is 29.5 Å². The van der Waals surface area contributed by atoms with Crippen LogP contribution in [0.1, 0.15) is 104 Å². The van der Waals surface area contributed by atoms with Crippen molar-refractivity contribution in [1.82, 2.24) is 19.7 Å². The van der Waals surface area contributed by atoms with E-state index in [0.29, 0.717) is 42.9 Å². The highest BCUT2D eigenvalue weighted by molar-refractivity contribution is 6.02. The minimum absolute atomic E-state index is 0.00909. The molecule has 0 bridgehead atoms. The maximum absolute atomic E-state index is 14.0. The Kier molecular flexibility index (Phi) is 11.9. The van der Waals surface area contributed by atoms with E-state index in [4.69, 9.17) is 9.72 Å². The number of Topliss-reactive ketones (excluding diaryl/α,β-unsaturated/α-hetero) is 2. The SMILES string of the molecule is C=CNc1ccc2c(c1C=C)C[C@@H](C)N(CC(F)F)[C@@H]2c1ccc(N2CC3(CCC(CN4CCN5c6ccc7c(c6OC[C@H]5C4)CN(C(CCC(C)=O)C(C)=O)C7=O)CC3)C2)cn1. The number of ketones is 2. The Morgan fingerprint density at radius 2 is 1.84 bits per heavy atom. The molecule has 2 saturated heterocycles. The van der Waals surface area contributed by atoms with Crippen molar-refractivity contribution in [3.63, 3.8) is 0 Å². The smallest absolute Gasteiger partial charge is 0.255 e. The molecule has 1 unspecified atom stereocenters. The van der Waals surface area contributed by atoms with Gasteiger partial charge in [0, 0.05) is 79.5 Å². The standard InChI is InChI=1S/C50H61F2N7O4/c1-6-37-40-22-31(3)58(27-46(51)52)47(38(40)10-13-42(37)53-7-2)43-12-9-35(23-54-43)56-29-50(30-56)18-16-34(17-19-50)24-55-20-21-57-36(25-55)28-63-48-41-26-59(44(33(5)61)14-8-32(4)60)49(62)39(41)11-15-45(48)57/h6-7,9-13,15,23,31,34,36,44,46-47,53H,1-2,8,14,16-22,24-30H2,3-5H3/t31-,36-,44?,47+/m1/s1. The molecule has 1 spiro atoms. The number of nitrogens with one attached hydrogen (secondary N) is 1. The molecule has 9 rings (SSSR count). The van der Waals surface area contributed by atoms with Crippen LogP contribution in [0.2, 0.25) is 0 Å². The fourth-order valence-electron chi connectivity index (χ4n) is 11.8. The Morgan fingerprint density at radius 1 is 1.05 bits per heavy atom. The van der Waals surface area contributed by atoms with Gasteiger partial charge in [-0.3, -0.25) is 24.4 Å². The highest BCUT2D eigenvalue weighted by Gasteiger charge is 2.47. The van der Waals surface area contributed by atoms with Gasteiger partial charge in [0.1, 0.15) is 18.1 Å². The molecule has 3 aromatic rings. The zero-order valence-corrected chi connectivity index (χ0v) is 37.0. The number of halogens is 2. The molecule has 13 heteroatoms. The number of rotatable bonds is 14. The number of piperazine rings is 1. The summed E-state index contributed by atoms with van der Waals surface area (Å²) in [5.74, 6) is 1.16. The number of carbonyl (C=O) groups is 3. The number of alkyl halides is 2. The minimum Gasteiger partial charge on any atom is -0.489 e. The second-order valence-electron chi connectivity index (χ2n) is 19.1. The zero-order valence-electron chi connectivity index (χ0n) is 37.0. The third kappa shape index (κ3) is 8.15. The number of anilines is 3. The number of hydrogen-bond acceptors (Lipinski definition) is 10. The second kappa shape index (κ2) is 17.4. The van der Waals surface area contributed by atoms with Gasteiger partial charge in [-0.25, -0.2) is 8.78 Å². The fourth-order valence-corrected chi connectivity index (χ4v) is 11.8. The van der Waals surface area contributed by atoms with E-state index in [2.05, 4.69) is 39.2 Å². The summed E-state index contributed by atoms with van der Waals surface area (Å²) in [6.45, 7) is 19.4. The van der Waals surface area contributed by atoms with E-state index in [-0.39, 0.29) is 48.6 Å². The van der Waals surface area contributed by atoms with E-state index >= 15 is 0 Å². The van der Waals surface area contributed by atoms with E-state index in [0.717, 1.165) is 90.0 Å². The van der Waals surface area contributed by atoms with Gasteiger partial charge >= 0.3 is 0 Å². The molecule has 0 radical (unpaired) electrons. The lowest BCUT2D eigenvalue weighted by Gasteiger charge is -2.55. The molecule has 6 aliphatic rings. The molecule has 1 N–H and O–H groups in total. The van der Waals surface area contributed by atoms with Gasteiger partial charge in [0.2, 0.25) is 0 Å². The maximum Gasteiger partial charge on any atom is 0.255 e. The van der Waals surface area contributed by atoms with E-state index in [9.17, 15) is 23.2 Å². The molecule has 63 heavy (non-hydrogen) atoms. The van der Waals surface area contributed by atoms with Crippen LogP contribution in [0.3, 0.4) is 0 Å². The first-order valence-electron chi connectivity index (χ1n) is 22.9. The number of ether oxygens (including phenoxy) is 1. The summed E-state index contributed by atoms with van der Waals surface area (Å²) in [5, 5.41) is 3.21. The van der Waals surface area contributed by atoms with Crippen molar-refractivity contribution < 1.29 is 27.9 Å². The van der Waals surface area contributed by atoms with Gasteiger partial charge in [-0.1, -0.05) is 25.3 Å². The summed E-state index contributed by atoms with van der Waals surface area (Å²) in [6, 6.07) is 11.2. The Balaban J connectivity index is 0.789. The quantitative estimate of drug-likeness (QED) is 0.173. The van der Waals surface area contributed by atoms with E-state index in [1.807, 2.05) is 54.4 Å². The molecule has 5 aliphatic heterocycles. The third-order valence-corrected chi connectivity index (χ3v) is 15.0. The van der Waals surface area contributed by atoms with E-state index in [1.54, 1.807) is 11.1 Å². The predicted molar refractivity (Wildman–Crippen MR) is 243 cm³/mol. The minimum atomic E-state index is -2.45. The zero-order chi connectivity index (χ0) is 44.2. The van der Waals surface area contributed by atoms with Gasteiger partial charge in [-0.05, 0) is 113 Å². The van der Waals surface area contributed by atoms with Crippen molar-refractivity contribution in [2.75, 3.05) is 67.5 Å². The molecular weight excluding hydrogens is 801 g/mol. The number of benzene rings is 2. The van der Waals surface area contributed by atoms with E-state index in [1.165, 1.54) is 39.5 Å². The first kappa shape index (κ1) is 43.1. The molecule has 334 valence electrons. The molecule has 6 heterocycles. The number of nitrogens with zero attached hydrogens (tertiary/aromatic N) is 6. The average molecular weight is 862 g/mol. The first-order chi connectivity index (χ1) is 30.4. The molecule has 4 atom stereocenters. The molecule has 3 fully saturated rings. The normalized spacial score (nSPS) is 23.6. The molecule has 1 amide bonds. The Bertz CT molecular complexity index is 2270. The number of amides is 1. The Labute approximate surface area is 370 Å². The van der Waals surface area contributed by atoms with Crippen LogP contribution in [0.5, 0.6) is 5.75 Å². The van der Waals surface area contributed by atoms with Crippen molar-refractivity contribution in [2.24, 2.45) is 11.3 Å². The van der Waals surface area contributed by atoms with Gasteiger partial charge in [-0.2, -0.15) is 0 Å². The molecule has 1 aliphatic carbocycles. The second-order valence-corrected chi connectivity index (χ2v) is 19.1. The number of pyridine rings is 1. The van der Waals surface area contributed by atoms with E-state index < -0.39 is 12.5 Å². The van der Waals surface area contributed by atoms with Crippen molar-refractivity contribution in [3.8, 4) is 5.75 Å². The number of carbonyl (C=O) groups excluding carboxylic acids is 3. The molecule has 2 aromatic carbocycles. The molecule has 1 saturated carbocycles. The van der Waals surface area contributed by atoms with Crippen LogP contribution < -0.4 is 19.9 Å². The highest BCUT2D eigenvalue weighted by Crippen LogP contribution is 2.49. The van der Waals surface area contributed by atoms with Crippen molar-refractivity contribution in [1.29, 1.82) is 0 Å². The Hall–Kier alpha value is -5.14. The lowest BCUT2D eigenvalue weighted by Crippen LogP contribution is -2.59. The monoisotopic (exact) mass is 861 g/mol. The summed E-state index contributed by atoms with van der Waals surface area (Å²) < 4.78 is 34.4. The lowest BCUT2D eigenvalue weighted by molar-refractivity contribution is -0.122. The Morgan fingerprint density at radius 3 is 2.52 bits per heavy atom. The average Bonchev–Trinajstić information content (AvgIpc) is 3.58. The number of aromatic nitrogens is 1.